The molecule has 0 bridgehead atoms. The molecule has 28 heavy (non-hydrogen) atoms. The van der Waals surface area contributed by atoms with E-state index in [-0.39, 0.29) is 5.56 Å². The van der Waals surface area contributed by atoms with E-state index in [1.165, 1.54) is 23.0 Å². The molecular formula is C21H24N6O. The molecule has 7 nitrogen and oxygen atoms in total. The molecular weight excluding hydrogens is 352 g/mol. The first-order valence-corrected chi connectivity index (χ1v) is 9.91. The summed E-state index contributed by atoms with van der Waals surface area (Å²) in [5, 5.41) is 0.669. The highest BCUT2D eigenvalue weighted by Gasteiger charge is 2.26. The molecule has 3 heterocycles. The molecule has 0 amide bonds. The van der Waals surface area contributed by atoms with E-state index in [9.17, 15) is 4.79 Å². The van der Waals surface area contributed by atoms with Crippen molar-refractivity contribution in [2.24, 2.45) is 7.05 Å². The van der Waals surface area contributed by atoms with Crippen molar-refractivity contribution in [1.82, 2.24) is 24.4 Å². The number of hydrogen-bond donors (Lipinski definition) is 0. The summed E-state index contributed by atoms with van der Waals surface area (Å²) in [5.74, 6) is 1.61. The summed E-state index contributed by atoms with van der Waals surface area (Å²) < 4.78 is 1.52. The second kappa shape index (κ2) is 6.98. The zero-order valence-corrected chi connectivity index (χ0v) is 16.1. The molecule has 1 saturated carbocycles. The van der Waals surface area contributed by atoms with Crippen LogP contribution >= 0.6 is 0 Å². The third-order valence-corrected chi connectivity index (χ3v) is 5.71. The van der Waals surface area contributed by atoms with Gasteiger partial charge >= 0.3 is 0 Å². The summed E-state index contributed by atoms with van der Waals surface area (Å²) in [6.07, 6.45) is 8.04. The minimum absolute atomic E-state index is 0.00343. The Kier molecular flexibility index (Phi) is 4.31. The normalized spacial score (nSPS) is 18.0. The van der Waals surface area contributed by atoms with Gasteiger partial charge in [-0.1, -0.05) is 0 Å². The maximum atomic E-state index is 12.2. The summed E-state index contributed by atoms with van der Waals surface area (Å²) in [7, 11) is 1.73. The van der Waals surface area contributed by atoms with Gasteiger partial charge in [0.1, 0.15) is 5.82 Å². The van der Waals surface area contributed by atoms with E-state index in [0.717, 1.165) is 49.8 Å². The van der Waals surface area contributed by atoms with Crippen LogP contribution in [0.2, 0.25) is 0 Å². The van der Waals surface area contributed by atoms with Crippen LogP contribution in [0.1, 0.15) is 30.1 Å². The fourth-order valence-electron chi connectivity index (χ4n) is 3.82. The van der Waals surface area contributed by atoms with E-state index < -0.39 is 0 Å². The van der Waals surface area contributed by atoms with Crippen molar-refractivity contribution >= 4 is 16.6 Å². The number of aromatic nitrogens is 4. The number of fused-ring (bicyclic) bond motifs is 1. The van der Waals surface area contributed by atoms with Gasteiger partial charge in [0.15, 0.2) is 0 Å². The van der Waals surface area contributed by atoms with Gasteiger partial charge in [-0.15, -0.1) is 0 Å². The number of aryl methyl sites for hydroxylation is 1. The number of piperazine rings is 1. The van der Waals surface area contributed by atoms with Crippen molar-refractivity contribution in [3.8, 4) is 0 Å². The zero-order valence-electron chi connectivity index (χ0n) is 16.1. The van der Waals surface area contributed by atoms with Gasteiger partial charge in [-0.3, -0.25) is 9.69 Å². The number of anilines is 1. The van der Waals surface area contributed by atoms with E-state index in [4.69, 9.17) is 0 Å². The lowest BCUT2D eigenvalue weighted by Gasteiger charge is -2.36. The van der Waals surface area contributed by atoms with Crippen molar-refractivity contribution in [2.75, 3.05) is 31.1 Å². The molecule has 0 unspecified atom stereocenters. The number of nitrogens with zero attached hydrogens (tertiary/aromatic N) is 6. The Hall–Kier alpha value is -2.80. The molecule has 2 aromatic heterocycles. The Morgan fingerprint density at radius 3 is 2.50 bits per heavy atom. The average molecular weight is 376 g/mol. The number of benzene rings is 1. The molecule has 7 heteroatoms. The molecule has 0 N–H and O–H groups in total. The Labute approximate surface area is 163 Å². The SMILES string of the molecule is Cn1cnc2cc(N3CCN(Cc4cnc(C5CC5)nc4)CC3)ccc2c1=O. The van der Waals surface area contributed by atoms with Crippen LogP contribution in [0.25, 0.3) is 10.9 Å². The molecule has 5 rings (SSSR count). The summed E-state index contributed by atoms with van der Waals surface area (Å²) in [6.45, 7) is 4.79. The predicted molar refractivity (Wildman–Crippen MR) is 108 cm³/mol. The maximum absolute atomic E-state index is 12.2. The molecule has 0 radical (unpaired) electrons. The van der Waals surface area contributed by atoms with Crippen LogP contribution in [0.4, 0.5) is 5.69 Å². The van der Waals surface area contributed by atoms with Gasteiger partial charge in [-0.05, 0) is 31.0 Å². The first-order chi connectivity index (χ1) is 13.7. The fraction of sp³-hybridized carbons (Fsp3) is 0.429. The van der Waals surface area contributed by atoms with Crippen molar-refractivity contribution in [3.05, 3.63) is 58.7 Å². The Morgan fingerprint density at radius 2 is 1.79 bits per heavy atom. The average Bonchev–Trinajstić information content (AvgIpc) is 3.57. The second-order valence-electron chi connectivity index (χ2n) is 7.85. The quantitative estimate of drug-likeness (QED) is 0.693. The molecule has 1 aliphatic carbocycles. The van der Waals surface area contributed by atoms with Gasteiger partial charge in [-0.25, -0.2) is 15.0 Å². The molecule has 3 aromatic rings. The summed E-state index contributed by atoms with van der Waals surface area (Å²) in [6, 6.07) is 5.95. The third kappa shape index (κ3) is 3.38. The van der Waals surface area contributed by atoms with Crippen LogP contribution in [-0.2, 0) is 13.6 Å². The molecule has 2 aliphatic rings. The van der Waals surface area contributed by atoms with Crippen LogP contribution in [0.3, 0.4) is 0 Å². The smallest absolute Gasteiger partial charge is 0.260 e. The lowest BCUT2D eigenvalue weighted by Crippen LogP contribution is -2.46. The predicted octanol–water partition coefficient (Wildman–Crippen LogP) is 1.92. The first kappa shape index (κ1) is 17.3. The number of hydrogen-bond acceptors (Lipinski definition) is 6. The lowest BCUT2D eigenvalue weighted by molar-refractivity contribution is 0.249. The monoisotopic (exact) mass is 376 g/mol. The second-order valence-corrected chi connectivity index (χ2v) is 7.85. The van der Waals surface area contributed by atoms with Gasteiger partial charge in [0, 0.05) is 69.3 Å². The molecule has 1 aliphatic heterocycles. The molecule has 0 spiro atoms. The molecule has 1 aromatic carbocycles. The molecule has 2 fully saturated rings. The van der Waals surface area contributed by atoms with Crippen LogP contribution in [0.5, 0.6) is 0 Å². The maximum Gasteiger partial charge on any atom is 0.260 e. The van der Waals surface area contributed by atoms with Gasteiger partial charge in [-0.2, -0.15) is 0 Å². The number of rotatable bonds is 4. The zero-order chi connectivity index (χ0) is 19.1. The van der Waals surface area contributed by atoms with Gasteiger partial charge < -0.3 is 9.47 Å². The topological polar surface area (TPSA) is 67.2 Å². The highest BCUT2D eigenvalue weighted by Crippen LogP contribution is 2.37. The van der Waals surface area contributed by atoms with Crippen LogP contribution in [-0.4, -0.2) is 50.6 Å². The minimum atomic E-state index is -0.00343. The fourth-order valence-corrected chi connectivity index (χ4v) is 3.82. The van der Waals surface area contributed by atoms with E-state index in [1.807, 2.05) is 30.6 Å². The van der Waals surface area contributed by atoms with E-state index in [2.05, 4.69) is 24.8 Å². The van der Waals surface area contributed by atoms with E-state index >= 15 is 0 Å². The third-order valence-electron chi connectivity index (χ3n) is 5.71. The standard InChI is InChI=1S/C21H24N6O/c1-25-14-24-19-10-17(4-5-18(19)21(25)28)27-8-6-26(7-9-27)13-15-11-22-20(23-12-15)16-2-3-16/h4-5,10-12,14,16H,2-3,6-9,13H2,1H3. The Bertz CT molecular complexity index is 1050. The largest absolute Gasteiger partial charge is 0.369 e. The van der Waals surface area contributed by atoms with Gasteiger partial charge in [0.2, 0.25) is 0 Å². The Morgan fingerprint density at radius 1 is 1.04 bits per heavy atom. The summed E-state index contributed by atoms with van der Waals surface area (Å²) in [5.41, 5.74) is 3.07. The van der Waals surface area contributed by atoms with Crippen LogP contribution < -0.4 is 10.5 Å². The minimum Gasteiger partial charge on any atom is -0.369 e. The highest BCUT2D eigenvalue weighted by molar-refractivity contribution is 5.81. The molecule has 1 saturated heterocycles. The van der Waals surface area contributed by atoms with Crippen LogP contribution in [0.15, 0.2) is 41.7 Å². The summed E-state index contributed by atoms with van der Waals surface area (Å²) >= 11 is 0. The first-order valence-electron chi connectivity index (χ1n) is 9.91. The molecule has 144 valence electrons. The van der Waals surface area contributed by atoms with Crippen LogP contribution in [0, 0.1) is 0 Å². The van der Waals surface area contributed by atoms with Crippen molar-refractivity contribution in [2.45, 2.75) is 25.3 Å². The highest BCUT2D eigenvalue weighted by atomic mass is 16.1. The Balaban J connectivity index is 1.23. The van der Waals surface area contributed by atoms with Gasteiger partial charge in [0.25, 0.3) is 5.56 Å². The van der Waals surface area contributed by atoms with Gasteiger partial charge in [0.05, 0.1) is 17.2 Å². The molecule has 0 atom stereocenters. The van der Waals surface area contributed by atoms with E-state index in [0.29, 0.717) is 11.3 Å². The van der Waals surface area contributed by atoms with Crippen molar-refractivity contribution in [1.29, 1.82) is 0 Å². The lowest BCUT2D eigenvalue weighted by atomic mass is 10.2. The van der Waals surface area contributed by atoms with E-state index in [1.54, 1.807) is 13.4 Å². The van der Waals surface area contributed by atoms with Crippen molar-refractivity contribution < 1.29 is 0 Å². The van der Waals surface area contributed by atoms with Crippen molar-refractivity contribution in [3.63, 3.8) is 0 Å². The summed E-state index contributed by atoms with van der Waals surface area (Å²) in [4.78, 5) is 30.5.